The van der Waals surface area contributed by atoms with Crippen molar-refractivity contribution >= 4 is 23.2 Å². The number of piperazine rings is 1. The summed E-state index contributed by atoms with van der Waals surface area (Å²) in [5.74, 6) is 0.0613. The quantitative estimate of drug-likeness (QED) is 0.230. The maximum absolute atomic E-state index is 13.8. The number of benzene rings is 4. The molecule has 5 nitrogen and oxygen atoms in total. The number of amides is 1. The van der Waals surface area contributed by atoms with Crippen LogP contribution in [0.1, 0.15) is 22.4 Å². The van der Waals surface area contributed by atoms with Crippen LogP contribution in [0, 0.1) is 0 Å². The third-order valence-electron chi connectivity index (χ3n) is 7.97. The fraction of sp³-hybridized carbons (Fsp3) is 0.176. The molecule has 0 saturated carbocycles. The normalized spacial score (nSPS) is 15.2. The van der Waals surface area contributed by atoms with Crippen molar-refractivity contribution in [3.63, 3.8) is 0 Å². The summed E-state index contributed by atoms with van der Waals surface area (Å²) in [4.78, 5) is 25.7. The number of carbonyl (C=O) groups is 1. The Morgan fingerprint density at radius 3 is 1.90 bits per heavy atom. The molecule has 6 rings (SSSR count). The van der Waals surface area contributed by atoms with E-state index in [4.69, 9.17) is 11.6 Å². The Balaban J connectivity index is 1.52. The van der Waals surface area contributed by atoms with E-state index < -0.39 is 5.41 Å². The van der Waals surface area contributed by atoms with E-state index in [1.807, 2.05) is 35.4 Å². The van der Waals surface area contributed by atoms with Gasteiger partial charge in [0.05, 0.1) is 18.3 Å². The summed E-state index contributed by atoms with van der Waals surface area (Å²) >= 11 is 6.28. The van der Waals surface area contributed by atoms with Crippen LogP contribution in [0.15, 0.2) is 128 Å². The Kier molecular flexibility index (Phi) is 7.49. The van der Waals surface area contributed by atoms with Crippen LogP contribution in [0.5, 0.6) is 0 Å². The number of carbonyl (C=O) groups excluding carboxylic acids is 1. The molecule has 1 saturated heterocycles. The maximum Gasteiger partial charge on any atom is 0.241 e. The molecule has 1 N–H and O–H groups in total. The highest BCUT2D eigenvalue weighted by Crippen LogP contribution is 2.45. The first-order valence-electron chi connectivity index (χ1n) is 13.6. The minimum absolute atomic E-state index is 0.0613. The van der Waals surface area contributed by atoms with Crippen LogP contribution in [-0.2, 0) is 16.6 Å². The van der Waals surface area contributed by atoms with Crippen LogP contribution >= 0.6 is 11.6 Å². The molecule has 6 heteroatoms. The van der Waals surface area contributed by atoms with Crippen LogP contribution in [0.25, 0.3) is 0 Å². The third-order valence-corrected chi connectivity index (χ3v) is 8.20. The lowest BCUT2D eigenvalue weighted by Gasteiger charge is -2.49. The number of aromatic nitrogens is 2. The van der Waals surface area contributed by atoms with Gasteiger partial charge in [0.15, 0.2) is 0 Å². The topological polar surface area (TPSA) is 52.2 Å². The summed E-state index contributed by atoms with van der Waals surface area (Å²) in [7, 11) is 0. The molecule has 2 heterocycles. The van der Waals surface area contributed by atoms with E-state index in [9.17, 15) is 4.79 Å². The van der Waals surface area contributed by atoms with Crippen molar-refractivity contribution in [2.24, 2.45) is 0 Å². The largest absolute Gasteiger partial charge is 0.348 e. The molecular weight excluding hydrogens is 516 g/mol. The van der Waals surface area contributed by atoms with Gasteiger partial charge in [-0.1, -0.05) is 109 Å². The summed E-state index contributed by atoms with van der Waals surface area (Å²) in [5.41, 5.74) is 4.85. The monoisotopic (exact) mass is 546 g/mol. The number of imidazole rings is 1. The number of hydrogen-bond acceptors (Lipinski definition) is 3. The average molecular weight is 547 g/mol. The molecule has 5 aromatic rings. The Labute approximate surface area is 240 Å². The van der Waals surface area contributed by atoms with Gasteiger partial charge >= 0.3 is 0 Å². The second kappa shape index (κ2) is 11.5. The first-order valence-corrected chi connectivity index (χ1v) is 14.0. The van der Waals surface area contributed by atoms with Gasteiger partial charge in [0.25, 0.3) is 0 Å². The summed E-state index contributed by atoms with van der Waals surface area (Å²) in [5, 5.41) is 0.626. The van der Waals surface area contributed by atoms with Gasteiger partial charge < -0.3 is 9.88 Å². The second-order valence-corrected chi connectivity index (χ2v) is 10.6. The van der Waals surface area contributed by atoms with Crippen molar-refractivity contribution < 1.29 is 4.79 Å². The minimum Gasteiger partial charge on any atom is -0.348 e. The van der Waals surface area contributed by atoms with E-state index in [1.54, 1.807) is 6.33 Å². The molecule has 1 atom stereocenters. The van der Waals surface area contributed by atoms with E-state index in [2.05, 4.69) is 106 Å². The molecule has 1 aliphatic rings. The average Bonchev–Trinajstić information content (AvgIpc) is 3.52. The van der Waals surface area contributed by atoms with Crippen molar-refractivity contribution in [1.29, 1.82) is 0 Å². The fourth-order valence-corrected chi connectivity index (χ4v) is 6.40. The molecule has 40 heavy (non-hydrogen) atoms. The number of hydrogen-bond donors (Lipinski definition) is 1. The number of nitrogens with one attached hydrogen (secondary N) is 1. The summed E-state index contributed by atoms with van der Waals surface area (Å²) in [6.07, 6.45) is 4.30. The number of aromatic amines is 1. The Morgan fingerprint density at radius 1 is 0.800 bits per heavy atom. The summed E-state index contributed by atoms with van der Waals surface area (Å²) in [6, 6.07) is 39.5. The highest BCUT2D eigenvalue weighted by atomic mass is 35.5. The van der Waals surface area contributed by atoms with Crippen LogP contribution < -0.4 is 4.90 Å². The van der Waals surface area contributed by atoms with Gasteiger partial charge in [-0.2, -0.15) is 0 Å². The van der Waals surface area contributed by atoms with Gasteiger partial charge in [-0.3, -0.25) is 9.69 Å². The highest BCUT2D eigenvalue weighted by molar-refractivity contribution is 6.30. The first kappa shape index (κ1) is 26.1. The Morgan fingerprint density at radius 2 is 1.40 bits per heavy atom. The smallest absolute Gasteiger partial charge is 0.241 e. The van der Waals surface area contributed by atoms with Gasteiger partial charge in [0.1, 0.15) is 0 Å². The van der Waals surface area contributed by atoms with Crippen molar-refractivity contribution in [3.05, 3.63) is 155 Å². The molecule has 4 aromatic carbocycles. The fourth-order valence-electron chi connectivity index (χ4n) is 6.22. The van der Waals surface area contributed by atoms with Crippen LogP contribution in [0.2, 0.25) is 5.02 Å². The molecule has 1 aromatic heterocycles. The van der Waals surface area contributed by atoms with E-state index in [0.29, 0.717) is 31.1 Å². The molecule has 1 unspecified atom stereocenters. The highest BCUT2D eigenvalue weighted by Gasteiger charge is 2.48. The lowest BCUT2D eigenvalue weighted by Crippen LogP contribution is -2.60. The van der Waals surface area contributed by atoms with E-state index in [-0.39, 0.29) is 11.9 Å². The summed E-state index contributed by atoms with van der Waals surface area (Å²) in [6.45, 7) is 1.58. The van der Waals surface area contributed by atoms with Crippen LogP contribution in [0.3, 0.4) is 0 Å². The SMILES string of the molecule is O=C1CN(C(Cc2cnc[nH]2)C(c2ccccc2)(c2ccccc2)c2ccccc2)CCN1c1cccc(Cl)c1. The number of anilines is 1. The van der Waals surface area contributed by atoms with Gasteiger partial charge in [0.2, 0.25) is 5.91 Å². The molecule has 0 aliphatic carbocycles. The molecular formula is C34H31ClN4O. The molecule has 0 spiro atoms. The number of H-pyrrole nitrogens is 1. The van der Waals surface area contributed by atoms with Crippen molar-refractivity contribution in [2.75, 3.05) is 24.5 Å². The Hall–Kier alpha value is -4.19. The van der Waals surface area contributed by atoms with E-state index in [1.165, 1.54) is 16.7 Å². The molecule has 1 amide bonds. The molecule has 200 valence electrons. The lowest BCUT2D eigenvalue weighted by atomic mass is 9.63. The molecule has 1 aliphatic heterocycles. The van der Waals surface area contributed by atoms with Gasteiger partial charge in [-0.05, 0) is 34.9 Å². The number of halogens is 1. The Bertz CT molecular complexity index is 1440. The molecule has 1 fully saturated rings. The maximum atomic E-state index is 13.8. The first-order chi connectivity index (χ1) is 19.7. The zero-order valence-corrected chi connectivity index (χ0v) is 22.9. The number of rotatable bonds is 8. The van der Waals surface area contributed by atoms with Crippen LogP contribution in [-0.4, -0.2) is 46.5 Å². The predicted octanol–water partition coefficient (Wildman–Crippen LogP) is 6.36. The number of nitrogens with zero attached hydrogens (tertiary/aromatic N) is 3. The minimum atomic E-state index is -0.562. The molecule has 0 bridgehead atoms. The van der Waals surface area contributed by atoms with Gasteiger partial charge in [0, 0.05) is 48.2 Å². The summed E-state index contributed by atoms with van der Waals surface area (Å²) < 4.78 is 0. The van der Waals surface area contributed by atoms with E-state index in [0.717, 1.165) is 11.4 Å². The van der Waals surface area contributed by atoms with Crippen LogP contribution in [0.4, 0.5) is 5.69 Å². The van der Waals surface area contributed by atoms with Crippen molar-refractivity contribution in [2.45, 2.75) is 17.9 Å². The predicted molar refractivity (Wildman–Crippen MR) is 161 cm³/mol. The van der Waals surface area contributed by atoms with E-state index >= 15 is 0 Å². The zero-order chi connectivity index (χ0) is 27.4. The zero-order valence-electron chi connectivity index (χ0n) is 22.2. The lowest BCUT2D eigenvalue weighted by molar-refractivity contribution is -0.122. The van der Waals surface area contributed by atoms with Gasteiger partial charge in [-0.25, -0.2) is 4.98 Å². The van der Waals surface area contributed by atoms with Crippen molar-refractivity contribution in [3.8, 4) is 0 Å². The second-order valence-electron chi connectivity index (χ2n) is 10.2. The molecule has 0 radical (unpaired) electrons. The third kappa shape index (κ3) is 4.94. The van der Waals surface area contributed by atoms with Crippen molar-refractivity contribution in [1.82, 2.24) is 14.9 Å². The van der Waals surface area contributed by atoms with Gasteiger partial charge in [-0.15, -0.1) is 0 Å². The standard InChI is InChI=1S/C34H31ClN4O/c35-29-17-10-18-31(21-29)39-20-19-38(24-33(39)40)32(22-30-23-36-25-37-30)34(26-11-4-1-5-12-26,27-13-6-2-7-14-27)28-15-8-3-9-16-28/h1-18,21,23,25,32H,19-20,22,24H2,(H,36,37).